The molecule has 1 aliphatic heterocycles. The molecule has 10 heteroatoms. The highest BCUT2D eigenvalue weighted by Crippen LogP contribution is 2.35. The molecule has 0 amide bonds. The van der Waals surface area contributed by atoms with Gasteiger partial charge >= 0.3 is 6.18 Å². The molecule has 4 rings (SSSR count). The van der Waals surface area contributed by atoms with E-state index in [9.17, 15) is 13.2 Å². The topological polar surface area (TPSA) is 67.1 Å². The van der Waals surface area contributed by atoms with Crippen LogP contribution in [0.1, 0.15) is 35.2 Å². The molecule has 2 aliphatic rings. The SMILES string of the molecule is Cc1ccc(Nc2nc3c(c(N4CCC(N)C4)n2)CCC3)cc1C(F)(F)F.Cl.Cl. The van der Waals surface area contributed by atoms with Crippen molar-refractivity contribution in [1.29, 1.82) is 0 Å². The third kappa shape index (κ3) is 4.87. The number of nitrogens with zero attached hydrogens (tertiary/aromatic N) is 3. The number of alkyl halides is 3. The van der Waals surface area contributed by atoms with E-state index in [-0.39, 0.29) is 36.4 Å². The lowest BCUT2D eigenvalue weighted by Crippen LogP contribution is -2.28. The number of aryl methyl sites for hydroxylation is 2. The van der Waals surface area contributed by atoms with Gasteiger partial charge in [0.15, 0.2) is 0 Å². The maximum Gasteiger partial charge on any atom is 0.416 e. The van der Waals surface area contributed by atoms with Gasteiger partial charge in [-0.1, -0.05) is 6.07 Å². The molecule has 1 saturated heterocycles. The van der Waals surface area contributed by atoms with E-state index in [2.05, 4.69) is 20.2 Å². The first kappa shape index (κ1) is 23.5. The Morgan fingerprint density at radius 2 is 1.93 bits per heavy atom. The average Bonchev–Trinajstić information content (AvgIpc) is 3.23. The van der Waals surface area contributed by atoms with Crippen LogP contribution in [0.25, 0.3) is 0 Å². The van der Waals surface area contributed by atoms with E-state index in [1.54, 1.807) is 6.07 Å². The molecule has 0 saturated carbocycles. The van der Waals surface area contributed by atoms with Crippen LogP contribution in [0.5, 0.6) is 0 Å². The van der Waals surface area contributed by atoms with E-state index in [0.717, 1.165) is 61.9 Å². The summed E-state index contributed by atoms with van der Waals surface area (Å²) in [5.74, 6) is 1.21. The fraction of sp³-hybridized carbons (Fsp3) is 0.474. The minimum atomic E-state index is -4.39. The predicted octanol–water partition coefficient (Wildman–Crippen LogP) is 4.42. The molecule has 3 N–H and O–H groups in total. The second kappa shape index (κ2) is 8.93. The maximum absolute atomic E-state index is 13.2. The number of hydrogen-bond donors (Lipinski definition) is 2. The van der Waals surface area contributed by atoms with Crippen molar-refractivity contribution in [2.75, 3.05) is 23.3 Å². The summed E-state index contributed by atoms with van der Waals surface area (Å²) in [5, 5.41) is 2.97. The minimum absolute atomic E-state index is 0. The Morgan fingerprint density at radius 1 is 1.17 bits per heavy atom. The number of halogens is 5. The molecule has 1 aromatic carbocycles. The predicted molar refractivity (Wildman–Crippen MR) is 113 cm³/mol. The molecule has 5 nitrogen and oxygen atoms in total. The number of fused-ring (bicyclic) bond motifs is 1. The molecule has 2 aromatic rings. The molecule has 1 aliphatic carbocycles. The molecule has 0 spiro atoms. The Balaban J connectivity index is 0.00000150. The van der Waals surface area contributed by atoms with Crippen LogP contribution in [0.15, 0.2) is 18.2 Å². The lowest BCUT2D eigenvalue weighted by atomic mass is 10.1. The lowest BCUT2D eigenvalue weighted by molar-refractivity contribution is -0.138. The summed E-state index contributed by atoms with van der Waals surface area (Å²) in [4.78, 5) is 11.4. The van der Waals surface area contributed by atoms with Gasteiger partial charge in [-0.25, -0.2) is 4.98 Å². The average molecular weight is 450 g/mol. The van der Waals surface area contributed by atoms with Crippen molar-refractivity contribution < 1.29 is 13.2 Å². The van der Waals surface area contributed by atoms with Crippen LogP contribution >= 0.6 is 24.8 Å². The Bertz CT molecular complexity index is 876. The Labute approximate surface area is 180 Å². The van der Waals surface area contributed by atoms with E-state index in [1.165, 1.54) is 13.0 Å². The van der Waals surface area contributed by atoms with Gasteiger partial charge in [-0.15, -0.1) is 24.8 Å². The molecule has 29 heavy (non-hydrogen) atoms. The van der Waals surface area contributed by atoms with Gasteiger partial charge in [-0.2, -0.15) is 18.2 Å². The van der Waals surface area contributed by atoms with E-state index in [4.69, 9.17) is 5.73 Å². The van der Waals surface area contributed by atoms with Crippen LogP contribution in [0.3, 0.4) is 0 Å². The van der Waals surface area contributed by atoms with Gasteiger partial charge in [0.05, 0.1) is 11.3 Å². The van der Waals surface area contributed by atoms with Crippen molar-refractivity contribution in [3.63, 3.8) is 0 Å². The number of benzene rings is 1. The summed E-state index contributed by atoms with van der Waals surface area (Å²) in [6.45, 7) is 3.03. The second-order valence-electron chi connectivity index (χ2n) is 7.30. The van der Waals surface area contributed by atoms with Crippen molar-refractivity contribution in [1.82, 2.24) is 9.97 Å². The van der Waals surface area contributed by atoms with Gasteiger partial charge in [-0.05, 0) is 50.3 Å². The minimum Gasteiger partial charge on any atom is -0.355 e. The van der Waals surface area contributed by atoms with Crippen LogP contribution in [0.2, 0.25) is 0 Å². The van der Waals surface area contributed by atoms with Crippen molar-refractivity contribution >= 4 is 42.3 Å². The first-order valence-corrected chi connectivity index (χ1v) is 9.16. The highest BCUT2D eigenvalue weighted by Gasteiger charge is 2.33. The summed E-state index contributed by atoms with van der Waals surface area (Å²) < 4.78 is 39.5. The van der Waals surface area contributed by atoms with Crippen molar-refractivity contribution in [2.45, 2.75) is 44.8 Å². The number of rotatable bonds is 3. The summed E-state index contributed by atoms with van der Waals surface area (Å²) in [6.07, 6.45) is -0.671. The van der Waals surface area contributed by atoms with Gasteiger partial charge in [-0.3, -0.25) is 0 Å². The van der Waals surface area contributed by atoms with Gasteiger partial charge in [0.2, 0.25) is 5.95 Å². The van der Waals surface area contributed by atoms with E-state index in [0.29, 0.717) is 11.6 Å². The van der Waals surface area contributed by atoms with Crippen LogP contribution in [0.4, 0.5) is 30.6 Å². The smallest absolute Gasteiger partial charge is 0.355 e. The molecular weight excluding hydrogens is 426 g/mol. The Morgan fingerprint density at radius 3 is 2.59 bits per heavy atom. The zero-order valence-electron chi connectivity index (χ0n) is 15.9. The molecular formula is C19H24Cl2F3N5. The van der Waals surface area contributed by atoms with Gasteiger partial charge < -0.3 is 16.0 Å². The van der Waals surface area contributed by atoms with Crippen LogP contribution in [-0.2, 0) is 19.0 Å². The van der Waals surface area contributed by atoms with Crippen LogP contribution < -0.4 is 16.0 Å². The zero-order valence-corrected chi connectivity index (χ0v) is 17.6. The standard InChI is InChI=1S/C19H22F3N5.2ClH/c1-11-5-6-13(9-15(11)19(20,21)22)24-18-25-16-4-2-3-14(16)17(26-18)27-8-7-12(23)10-27;;/h5-6,9,12H,2-4,7-8,10,23H2,1H3,(H,24,25,26);2*1H. The molecule has 2 heterocycles. The summed E-state index contributed by atoms with van der Waals surface area (Å²) in [6, 6.07) is 4.31. The number of nitrogens with two attached hydrogens (primary N) is 1. The van der Waals surface area contributed by atoms with E-state index in [1.807, 2.05) is 0 Å². The van der Waals surface area contributed by atoms with Crippen LogP contribution in [0, 0.1) is 6.92 Å². The van der Waals surface area contributed by atoms with E-state index < -0.39 is 11.7 Å². The van der Waals surface area contributed by atoms with Crippen molar-refractivity contribution in [2.24, 2.45) is 5.73 Å². The fourth-order valence-electron chi connectivity index (χ4n) is 3.84. The van der Waals surface area contributed by atoms with E-state index >= 15 is 0 Å². The summed E-state index contributed by atoms with van der Waals surface area (Å²) >= 11 is 0. The molecule has 1 fully saturated rings. The van der Waals surface area contributed by atoms with Gasteiger partial charge in [0.1, 0.15) is 5.82 Å². The van der Waals surface area contributed by atoms with Crippen LogP contribution in [-0.4, -0.2) is 29.1 Å². The third-order valence-electron chi connectivity index (χ3n) is 5.23. The highest BCUT2D eigenvalue weighted by atomic mass is 35.5. The maximum atomic E-state index is 13.2. The Hall–Kier alpha value is -1.77. The highest BCUT2D eigenvalue weighted by molar-refractivity contribution is 5.85. The first-order valence-electron chi connectivity index (χ1n) is 9.16. The second-order valence-corrected chi connectivity index (χ2v) is 7.30. The monoisotopic (exact) mass is 449 g/mol. The van der Waals surface area contributed by atoms with Crippen molar-refractivity contribution in [3.05, 3.63) is 40.6 Å². The molecule has 1 unspecified atom stereocenters. The summed E-state index contributed by atoms with van der Waals surface area (Å²) in [5.41, 5.74) is 8.02. The third-order valence-corrected chi connectivity index (χ3v) is 5.23. The first-order chi connectivity index (χ1) is 12.8. The lowest BCUT2D eigenvalue weighted by Gasteiger charge is -2.21. The quantitative estimate of drug-likeness (QED) is 0.725. The zero-order chi connectivity index (χ0) is 19.2. The summed E-state index contributed by atoms with van der Waals surface area (Å²) in [7, 11) is 0. The molecule has 0 radical (unpaired) electrons. The number of nitrogens with one attached hydrogen (secondary N) is 1. The molecule has 0 bridgehead atoms. The fourth-order valence-corrected chi connectivity index (χ4v) is 3.84. The molecule has 160 valence electrons. The largest absolute Gasteiger partial charge is 0.416 e. The van der Waals surface area contributed by atoms with Crippen molar-refractivity contribution in [3.8, 4) is 0 Å². The molecule has 1 aromatic heterocycles. The number of hydrogen-bond acceptors (Lipinski definition) is 5. The normalized spacial score (nSPS) is 18.1. The van der Waals surface area contributed by atoms with Gasteiger partial charge in [0, 0.05) is 30.4 Å². The number of anilines is 3. The van der Waals surface area contributed by atoms with Gasteiger partial charge in [0.25, 0.3) is 0 Å². The molecule has 1 atom stereocenters. The Kier molecular flexibility index (Phi) is 7.24. The number of aromatic nitrogens is 2.